The van der Waals surface area contributed by atoms with Gasteiger partial charge in [-0.3, -0.25) is 0 Å². The summed E-state index contributed by atoms with van der Waals surface area (Å²) in [5, 5.41) is 9.17. The first-order valence-electron chi connectivity index (χ1n) is 7.05. The van der Waals surface area contributed by atoms with Crippen LogP contribution in [0.5, 0.6) is 5.75 Å². The van der Waals surface area contributed by atoms with Crippen molar-refractivity contribution in [3.63, 3.8) is 0 Å². The lowest BCUT2D eigenvalue weighted by Crippen LogP contribution is -2.14. The van der Waals surface area contributed by atoms with Crippen molar-refractivity contribution in [2.24, 2.45) is 0 Å². The molecule has 0 amide bonds. The Hall–Kier alpha value is -1.51. The first kappa shape index (κ1) is 15.5. The molecule has 3 heteroatoms. The standard InChI is InChI=1S/C16H24O3/c1-4-5-6-7-8-13(3)19-15-10-9-12(2)11-14(15)16(17)18/h9-11,13H,4-8H2,1-3H3,(H,17,18). The van der Waals surface area contributed by atoms with Crippen LogP contribution in [0.4, 0.5) is 0 Å². The van der Waals surface area contributed by atoms with Crippen LogP contribution in [0.3, 0.4) is 0 Å². The number of unbranched alkanes of at least 4 members (excludes halogenated alkanes) is 3. The minimum Gasteiger partial charge on any atom is -0.490 e. The molecule has 0 saturated carbocycles. The Bertz CT molecular complexity index is 412. The second kappa shape index (κ2) is 7.82. The highest BCUT2D eigenvalue weighted by Crippen LogP contribution is 2.22. The average Bonchev–Trinajstić information content (AvgIpc) is 2.36. The molecule has 1 rings (SSSR count). The maximum Gasteiger partial charge on any atom is 0.339 e. The number of rotatable bonds is 8. The Balaban J connectivity index is 2.58. The molecule has 0 spiro atoms. The summed E-state index contributed by atoms with van der Waals surface area (Å²) in [4.78, 5) is 11.2. The van der Waals surface area contributed by atoms with E-state index in [4.69, 9.17) is 9.84 Å². The molecule has 1 atom stereocenters. The third-order valence-corrected chi connectivity index (χ3v) is 3.16. The van der Waals surface area contributed by atoms with E-state index in [1.165, 1.54) is 19.3 Å². The fraction of sp³-hybridized carbons (Fsp3) is 0.562. The molecule has 0 bridgehead atoms. The van der Waals surface area contributed by atoms with Crippen molar-refractivity contribution in [3.05, 3.63) is 29.3 Å². The van der Waals surface area contributed by atoms with Crippen molar-refractivity contribution in [1.82, 2.24) is 0 Å². The first-order valence-corrected chi connectivity index (χ1v) is 7.05. The average molecular weight is 264 g/mol. The van der Waals surface area contributed by atoms with Gasteiger partial charge >= 0.3 is 5.97 Å². The molecule has 0 aliphatic rings. The molecule has 1 aromatic carbocycles. The van der Waals surface area contributed by atoms with Crippen LogP contribution < -0.4 is 4.74 Å². The molecular formula is C16H24O3. The molecule has 106 valence electrons. The fourth-order valence-corrected chi connectivity index (χ4v) is 2.05. The Labute approximate surface area is 115 Å². The van der Waals surface area contributed by atoms with Crippen LogP contribution in [-0.2, 0) is 0 Å². The van der Waals surface area contributed by atoms with Gasteiger partial charge in [0.25, 0.3) is 0 Å². The molecule has 1 N–H and O–H groups in total. The topological polar surface area (TPSA) is 46.5 Å². The van der Waals surface area contributed by atoms with Gasteiger partial charge in [-0.25, -0.2) is 4.79 Å². The molecule has 0 radical (unpaired) electrons. The van der Waals surface area contributed by atoms with Crippen molar-refractivity contribution in [1.29, 1.82) is 0 Å². The number of aryl methyl sites for hydroxylation is 1. The maximum absolute atomic E-state index is 11.2. The molecule has 1 aromatic rings. The maximum atomic E-state index is 11.2. The van der Waals surface area contributed by atoms with E-state index in [1.807, 2.05) is 19.9 Å². The fourth-order valence-electron chi connectivity index (χ4n) is 2.05. The summed E-state index contributed by atoms with van der Waals surface area (Å²) < 4.78 is 5.76. The minimum atomic E-state index is -0.933. The zero-order valence-electron chi connectivity index (χ0n) is 12.1. The van der Waals surface area contributed by atoms with E-state index >= 15 is 0 Å². The van der Waals surface area contributed by atoms with E-state index in [-0.39, 0.29) is 11.7 Å². The molecule has 19 heavy (non-hydrogen) atoms. The van der Waals surface area contributed by atoms with Crippen LogP contribution >= 0.6 is 0 Å². The predicted molar refractivity (Wildman–Crippen MR) is 77.0 cm³/mol. The van der Waals surface area contributed by atoms with E-state index in [1.54, 1.807) is 12.1 Å². The summed E-state index contributed by atoms with van der Waals surface area (Å²) in [6.07, 6.45) is 5.83. The summed E-state index contributed by atoms with van der Waals surface area (Å²) in [7, 11) is 0. The molecular weight excluding hydrogens is 240 g/mol. The van der Waals surface area contributed by atoms with Crippen molar-refractivity contribution in [2.45, 2.75) is 59.0 Å². The van der Waals surface area contributed by atoms with Crippen LogP contribution in [0, 0.1) is 6.92 Å². The lowest BCUT2D eigenvalue weighted by atomic mass is 10.1. The van der Waals surface area contributed by atoms with Gasteiger partial charge in [-0.1, -0.05) is 37.8 Å². The number of aromatic carboxylic acids is 1. The van der Waals surface area contributed by atoms with E-state index in [2.05, 4.69) is 6.92 Å². The van der Waals surface area contributed by atoms with Crippen LogP contribution in [0.15, 0.2) is 18.2 Å². The van der Waals surface area contributed by atoms with Gasteiger partial charge in [0.2, 0.25) is 0 Å². The zero-order valence-corrected chi connectivity index (χ0v) is 12.1. The van der Waals surface area contributed by atoms with E-state index in [0.717, 1.165) is 18.4 Å². The van der Waals surface area contributed by atoms with Crippen LogP contribution in [0.1, 0.15) is 61.9 Å². The largest absolute Gasteiger partial charge is 0.490 e. The first-order chi connectivity index (χ1) is 9.04. The summed E-state index contributed by atoms with van der Waals surface area (Å²) >= 11 is 0. The van der Waals surface area contributed by atoms with Crippen LogP contribution in [0.2, 0.25) is 0 Å². The van der Waals surface area contributed by atoms with Crippen molar-refractivity contribution in [2.75, 3.05) is 0 Å². The molecule has 0 aliphatic heterocycles. The number of carboxylic acid groups (broad SMARTS) is 1. The number of carbonyl (C=O) groups is 1. The lowest BCUT2D eigenvalue weighted by molar-refractivity contribution is 0.0689. The Kier molecular flexibility index (Phi) is 6.40. The van der Waals surface area contributed by atoms with Gasteiger partial charge in [0.1, 0.15) is 11.3 Å². The van der Waals surface area contributed by atoms with Gasteiger partial charge in [-0.2, -0.15) is 0 Å². The van der Waals surface area contributed by atoms with Gasteiger partial charge in [0.05, 0.1) is 6.10 Å². The van der Waals surface area contributed by atoms with E-state index < -0.39 is 5.97 Å². The third-order valence-electron chi connectivity index (χ3n) is 3.16. The highest BCUT2D eigenvalue weighted by Gasteiger charge is 2.13. The van der Waals surface area contributed by atoms with Crippen molar-refractivity contribution >= 4 is 5.97 Å². The normalized spacial score (nSPS) is 12.2. The van der Waals surface area contributed by atoms with Gasteiger partial charge < -0.3 is 9.84 Å². The molecule has 0 aliphatic carbocycles. The van der Waals surface area contributed by atoms with Crippen molar-refractivity contribution in [3.8, 4) is 5.75 Å². The number of hydrogen-bond donors (Lipinski definition) is 1. The van der Waals surface area contributed by atoms with Gasteiger partial charge in [-0.15, -0.1) is 0 Å². The summed E-state index contributed by atoms with van der Waals surface area (Å²) in [5.74, 6) is -0.460. The molecule has 0 aromatic heterocycles. The molecule has 3 nitrogen and oxygen atoms in total. The SMILES string of the molecule is CCCCCCC(C)Oc1ccc(C)cc1C(=O)O. The number of benzene rings is 1. The summed E-state index contributed by atoms with van der Waals surface area (Å²) in [6.45, 7) is 6.06. The van der Waals surface area contributed by atoms with Gasteiger partial charge in [0.15, 0.2) is 0 Å². The summed E-state index contributed by atoms with van der Waals surface area (Å²) in [6, 6.07) is 5.29. The zero-order chi connectivity index (χ0) is 14.3. The van der Waals surface area contributed by atoms with Crippen LogP contribution in [0.25, 0.3) is 0 Å². The molecule has 0 fully saturated rings. The Morgan fingerprint density at radius 2 is 2.05 bits per heavy atom. The number of carboxylic acids is 1. The Morgan fingerprint density at radius 3 is 2.68 bits per heavy atom. The van der Waals surface area contributed by atoms with E-state index in [9.17, 15) is 4.79 Å². The van der Waals surface area contributed by atoms with Gasteiger partial charge in [-0.05, 0) is 38.8 Å². The second-order valence-electron chi connectivity index (χ2n) is 5.08. The highest BCUT2D eigenvalue weighted by atomic mass is 16.5. The Morgan fingerprint density at radius 1 is 1.32 bits per heavy atom. The minimum absolute atomic E-state index is 0.0534. The molecule has 0 heterocycles. The van der Waals surface area contributed by atoms with Crippen LogP contribution in [-0.4, -0.2) is 17.2 Å². The smallest absolute Gasteiger partial charge is 0.339 e. The highest BCUT2D eigenvalue weighted by molar-refractivity contribution is 5.91. The van der Waals surface area contributed by atoms with E-state index in [0.29, 0.717) is 5.75 Å². The monoisotopic (exact) mass is 264 g/mol. The number of hydrogen-bond acceptors (Lipinski definition) is 2. The predicted octanol–water partition coefficient (Wildman–Crippen LogP) is 4.43. The number of ether oxygens (including phenoxy) is 1. The molecule has 1 unspecified atom stereocenters. The lowest BCUT2D eigenvalue weighted by Gasteiger charge is -2.16. The molecule has 0 saturated heterocycles. The van der Waals surface area contributed by atoms with Gasteiger partial charge in [0, 0.05) is 0 Å². The summed E-state index contributed by atoms with van der Waals surface area (Å²) in [5.41, 5.74) is 1.18. The van der Waals surface area contributed by atoms with Crippen molar-refractivity contribution < 1.29 is 14.6 Å². The third kappa shape index (κ3) is 5.33. The second-order valence-corrected chi connectivity index (χ2v) is 5.08. The quantitative estimate of drug-likeness (QED) is 0.706.